The summed E-state index contributed by atoms with van der Waals surface area (Å²) in [6, 6.07) is 0. The quantitative estimate of drug-likeness (QED) is 0.545. The van der Waals surface area contributed by atoms with Gasteiger partial charge in [0.05, 0.1) is 12.5 Å². The summed E-state index contributed by atoms with van der Waals surface area (Å²) >= 11 is 0. The van der Waals surface area contributed by atoms with Crippen LogP contribution in [0.4, 0.5) is 0 Å². The van der Waals surface area contributed by atoms with Gasteiger partial charge in [-0.25, -0.2) is 9.59 Å². The van der Waals surface area contributed by atoms with Crippen LogP contribution in [0.25, 0.3) is 0 Å². The predicted octanol–water partition coefficient (Wildman–Crippen LogP) is -1.09. The molecule has 146 valence electrons. The molecule has 0 spiro atoms. The number of carbonyl (C=O) groups excluding carboxylic acids is 6. The van der Waals surface area contributed by atoms with Crippen molar-refractivity contribution in [2.75, 3.05) is 19.6 Å². The standard InChI is InChI=1S/C16H19N3O8/c20-11-1-2-12(21)18(11)26-15(24)9-17-7-5-10(6-8-17)16(25)27-19-13(22)3-4-14(19)23/h10H,1-9H2. The number of likely N-dealkylation sites (tertiary alicyclic amines) is 1. The average Bonchev–Trinajstić information content (AvgIpc) is 3.12. The number of rotatable bonds is 5. The number of hydrogen-bond donors (Lipinski definition) is 0. The van der Waals surface area contributed by atoms with Crippen LogP contribution in [0, 0.1) is 5.92 Å². The molecule has 0 atom stereocenters. The van der Waals surface area contributed by atoms with Crippen LogP contribution in [0.5, 0.6) is 0 Å². The second kappa shape index (κ2) is 7.82. The molecule has 3 rings (SSSR count). The molecular formula is C16H19N3O8. The summed E-state index contributed by atoms with van der Waals surface area (Å²) < 4.78 is 0. The highest BCUT2D eigenvalue weighted by molar-refractivity contribution is 6.02. The fourth-order valence-corrected chi connectivity index (χ4v) is 3.12. The molecule has 3 aliphatic heterocycles. The topological polar surface area (TPSA) is 131 Å². The van der Waals surface area contributed by atoms with E-state index in [2.05, 4.69) is 0 Å². The molecule has 3 heterocycles. The van der Waals surface area contributed by atoms with E-state index in [4.69, 9.17) is 9.68 Å². The van der Waals surface area contributed by atoms with Crippen LogP contribution in [0.2, 0.25) is 0 Å². The van der Waals surface area contributed by atoms with Crippen molar-refractivity contribution >= 4 is 35.6 Å². The van der Waals surface area contributed by atoms with E-state index >= 15 is 0 Å². The third-order valence-electron chi connectivity index (χ3n) is 4.66. The number of hydroxylamine groups is 4. The summed E-state index contributed by atoms with van der Waals surface area (Å²) in [5.74, 6) is -4.00. The van der Waals surface area contributed by atoms with Crippen molar-refractivity contribution in [3.63, 3.8) is 0 Å². The molecule has 3 aliphatic rings. The van der Waals surface area contributed by atoms with Gasteiger partial charge < -0.3 is 9.68 Å². The minimum Gasteiger partial charge on any atom is -0.330 e. The first-order chi connectivity index (χ1) is 12.8. The Morgan fingerprint density at radius 2 is 1.22 bits per heavy atom. The first-order valence-electron chi connectivity index (χ1n) is 8.71. The molecule has 4 amide bonds. The number of nitrogens with zero attached hydrogens (tertiary/aromatic N) is 3. The van der Waals surface area contributed by atoms with E-state index in [1.54, 1.807) is 4.90 Å². The maximum Gasteiger partial charge on any atom is 0.347 e. The number of amides is 4. The van der Waals surface area contributed by atoms with Gasteiger partial charge in [-0.1, -0.05) is 0 Å². The van der Waals surface area contributed by atoms with E-state index in [9.17, 15) is 28.8 Å². The van der Waals surface area contributed by atoms with Gasteiger partial charge in [0.1, 0.15) is 0 Å². The van der Waals surface area contributed by atoms with Crippen molar-refractivity contribution in [1.29, 1.82) is 0 Å². The maximum atomic E-state index is 12.1. The Morgan fingerprint density at radius 3 is 1.70 bits per heavy atom. The molecule has 11 nitrogen and oxygen atoms in total. The molecule has 0 aromatic rings. The molecule has 0 bridgehead atoms. The Morgan fingerprint density at radius 1 is 0.778 bits per heavy atom. The van der Waals surface area contributed by atoms with Crippen molar-refractivity contribution in [2.45, 2.75) is 38.5 Å². The van der Waals surface area contributed by atoms with Crippen molar-refractivity contribution < 1.29 is 38.4 Å². The van der Waals surface area contributed by atoms with Crippen molar-refractivity contribution in [3.8, 4) is 0 Å². The first-order valence-corrected chi connectivity index (χ1v) is 8.71. The molecule has 0 aliphatic carbocycles. The highest BCUT2D eigenvalue weighted by Crippen LogP contribution is 2.21. The van der Waals surface area contributed by atoms with Gasteiger partial charge in [-0.3, -0.25) is 24.1 Å². The number of carbonyl (C=O) groups is 6. The highest BCUT2D eigenvalue weighted by atomic mass is 16.7. The zero-order valence-electron chi connectivity index (χ0n) is 14.5. The van der Waals surface area contributed by atoms with Crippen LogP contribution < -0.4 is 0 Å². The third kappa shape index (κ3) is 4.30. The molecule has 0 N–H and O–H groups in total. The van der Waals surface area contributed by atoms with E-state index in [-0.39, 0.29) is 32.2 Å². The summed E-state index contributed by atoms with van der Waals surface area (Å²) in [4.78, 5) is 81.3. The molecule has 27 heavy (non-hydrogen) atoms. The van der Waals surface area contributed by atoms with Crippen LogP contribution in [0.3, 0.4) is 0 Å². The van der Waals surface area contributed by atoms with Crippen LogP contribution >= 0.6 is 0 Å². The number of imide groups is 2. The van der Waals surface area contributed by atoms with Crippen LogP contribution in [-0.4, -0.2) is 70.2 Å². The first kappa shape index (κ1) is 19.0. The van der Waals surface area contributed by atoms with Crippen LogP contribution in [0.15, 0.2) is 0 Å². The van der Waals surface area contributed by atoms with Crippen LogP contribution in [0.1, 0.15) is 38.5 Å². The Kier molecular flexibility index (Phi) is 5.49. The van der Waals surface area contributed by atoms with E-state index in [0.29, 0.717) is 36.1 Å². The second-order valence-electron chi connectivity index (χ2n) is 6.59. The lowest BCUT2D eigenvalue weighted by molar-refractivity contribution is -0.202. The lowest BCUT2D eigenvalue weighted by atomic mass is 9.97. The highest BCUT2D eigenvalue weighted by Gasteiger charge is 2.37. The fraction of sp³-hybridized carbons (Fsp3) is 0.625. The van der Waals surface area contributed by atoms with Gasteiger partial charge in [-0.05, 0) is 25.9 Å². The summed E-state index contributed by atoms with van der Waals surface area (Å²) in [6.45, 7) is 0.652. The van der Waals surface area contributed by atoms with E-state index in [0.717, 1.165) is 0 Å². The zero-order valence-corrected chi connectivity index (χ0v) is 14.5. The summed E-state index contributed by atoms with van der Waals surface area (Å²) in [7, 11) is 0. The minimum absolute atomic E-state index is 0.0294. The molecule has 11 heteroatoms. The third-order valence-corrected chi connectivity index (χ3v) is 4.66. The zero-order chi connectivity index (χ0) is 19.6. The number of hydrogen-bond acceptors (Lipinski definition) is 9. The van der Waals surface area contributed by atoms with Gasteiger partial charge in [-0.2, -0.15) is 0 Å². The van der Waals surface area contributed by atoms with Gasteiger partial charge >= 0.3 is 11.9 Å². The monoisotopic (exact) mass is 381 g/mol. The van der Waals surface area contributed by atoms with E-state index in [1.165, 1.54) is 0 Å². The minimum atomic E-state index is -0.729. The van der Waals surface area contributed by atoms with Crippen LogP contribution in [-0.2, 0) is 38.4 Å². The van der Waals surface area contributed by atoms with Crippen molar-refractivity contribution in [2.24, 2.45) is 5.92 Å². The fourth-order valence-electron chi connectivity index (χ4n) is 3.12. The second-order valence-corrected chi connectivity index (χ2v) is 6.59. The summed E-state index contributed by atoms with van der Waals surface area (Å²) in [5.41, 5.74) is 0. The lowest BCUT2D eigenvalue weighted by Crippen LogP contribution is -2.43. The number of piperidine rings is 1. The molecule has 0 saturated carbocycles. The van der Waals surface area contributed by atoms with E-state index < -0.39 is 41.5 Å². The van der Waals surface area contributed by atoms with Crippen molar-refractivity contribution in [3.05, 3.63) is 0 Å². The maximum absolute atomic E-state index is 12.1. The summed E-state index contributed by atoms with van der Waals surface area (Å²) in [6.07, 6.45) is 0.889. The molecule has 0 unspecified atom stereocenters. The van der Waals surface area contributed by atoms with Gasteiger partial charge in [0, 0.05) is 25.7 Å². The van der Waals surface area contributed by atoms with E-state index in [1.807, 2.05) is 0 Å². The Hall–Kier alpha value is -2.82. The van der Waals surface area contributed by atoms with Gasteiger partial charge in [0.25, 0.3) is 23.6 Å². The SMILES string of the molecule is O=C(CN1CCC(C(=O)ON2C(=O)CCC2=O)CC1)ON1C(=O)CCC1=O. The molecule has 0 aromatic heterocycles. The molecule has 0 aromatic carbocycles. The Bertz CT molecular complexity index is 666. The molecule has 0 radical (unpaired) electrons. The predicted molar refractivity (Wildman–Crippen MR) is 83.5 cm³/mol. The lowest BCUT2D eigenvalue weighted by Gasteiger charge is -2.30. The van der Waals surface area contributed by atoms with Crippen molar-refractivity contribution in [1.82, 2.24) is 15.0 Å². The molecule has 3 saturated heterocycles. The normalized spacial score (nSPS) is 21.9. The molecule has 3 fully saturated rings. The summed E-state index contributed by atoms with van der Waals surface area (Å²) in [5, 5.41) is 1.02. The Balaban J connectivity index is 1.42. The van der Waals surface area contributed by atoms with Gasteiger partial charge in [-0.15, -0.1) is 10.1 Å². The molecular weight excluding hydrogens is 362 g/mol. The average molecular weight is 381 g/mol. The Labute approximate surface area is 154 Å². The van der Waals surface area contributed by atoms with Gasteiger partial charge in [0.15, 0.2) is 0 Å². The smallest absolute Gasteiger partial charge is 0.330 e. The largest absolute Gasteiger partial charge is 0.347 e. The van der Waals surface area contributed by atoms with Gasteiger partial charge in [0.2, 0.25) is 0 Å².